The van der Waals surface area contributed by atoms with Crippen molar-refractivity contribution in [3.8, 4) is 0 Å². The first-order valence-electron chi connectivity index (χ1n) is 13.7. The molecule has 38 heavy (non-hydrogen) atoms. The van der Waals surface area contributed by atoms with Crippen molar-refractivity contribution in [2.24, 2.45) is 28.6 Å². The third-order valence-corrected chi connectivity index (χ3v) is 11.8. The number of imidazole rings is 1. The number of sulfonamides is 1. The molecule has 0 amide bonds. The average Bonchev–Trinajstić information content (AvgIpc) is 3.46. The van der Waals surface area contributed by atoms with Crippen LogP contribution in [0.5, 0.6) is 0 Å². The van der Waals surface area contributed by atoms with Crippen LogP contribution in [0, 0.1) is 45.6 Å². The summed E-state index contributed by atoms with van der Waals surface area (Å²) < 4.78 is 31.2. The molecule has 2 aromatic rings. The fourth-order valence-corrected chi connectivity index (χ4v) is 9.56. The van der Waals surface area contributed by atoms with E-state index in [1.54, 1.807) is 0 Å². The van der Waals surface area contributed by atoms with Crippen molar-refractivity contribution in [3.63, 3.8) is 0 Å². The van der Waals surface area contributed by atoms with Crippen LogP contribution in [-0.4, -0.2) is 28.9 Å². The van der Waals surface area contributed by atoms with Crippen LogP contribution in [-0.2, 0) is 10.0 Å². The molecule has 4 aliphatic carbocycles. The largest absolute Gasteiger partial charge is 0.310 e. The van der Waals surface area contributed by atoms with Gasteiger partial charge in [-0.2, -0.15) is 0 Å². The normalized spacial score (nSPS) is 34.5. The maximum absolute atomic E-state index is 13.0. The number of rotatable bonds is 5. The highest BCUT2D eigenvalue weighted by molar-refractivity contribution is 7.89. The Kier molecular flexibility index (Phi) is 5.96. The Morgan fingerprint density at radius 3 is 2.47 bits per heavy atom. The Morgan fingerprint density at radius 1 is 1.05 bits per heavy atom. The molecule has 8 nitrogen and oxygen atoms in total. The Balaban J connectivity index is 1.18. The van der Waals surface area contributed by atoms with Gasteiger partial charge in [-0.1, -0.05) is 31.6 Å². The maximum atomic E-state index is 13.0. The molecule has 2 saturated carbocycles. The van der Waals surface area contributed by atoms with Gasteiger partial charge in [-0.3, -0.25) is 10.1 Å². The molecule has 202 valence electrons. The lowest BCUT2D eigenvalue weighted by atomic mass is 9.47. The first kappa shape index (κ1) is 25.5. The van der Waals surface area contributed by atoms with E-state index in [0.717, 1.165) is 37.8 Å². The average molecular weight is 537 g/mol. The van der Waals surface area contributed by atoms with E-state index in [1.165, 1.54) is 48.4 Å². The molecule has 0 radical (unpaired) electrons. The minimum absolute atomic E-state index is 0.0679. The monoisotopic (exact) mass is 536 g/mol. The van der Waals surface area contributed by atoms with Crippen LogP contribution in [0.3, 0.4) is 0 Å². The number of hydrogen-bond donors (Lipinski definition) is 1. The smallest absolute Gasteiger partial charge is 0.269 e. The second-order valence-corrected chi connectivity index (χ2v) is 14.0. The van der Waals surface area contributed by atoms with Crippen LogP contribution in [0.1, 0.15) is 64.5 Å². The lowest BCUT2D eigenvalue weighted by Crippen LogP contribution is -2.51. The van der Waals surface area contributed by atoms with Crippen molar-refractivity contribution in [1.82, 2.24) is 14.3 Å². The number of nitro groups is 1. The van der Waals surface area contributed by atoms with E-state index in [4.69, 9.17) is 0 Å². The van der Waals surface area contributed by atoms with Gasteiger partial charge >= 0.3 is 0 Å². The van der Waals surface area contributed by atoms with Crippen LogP contribution in [0.4, 0.5) is 5.69 Å². The number of non-ortho nitro benzene ring substituents is 1. The van der Waals surface area contributed by atoms with Crippen molar-refractivity contribution in [1.29, 1.82) is 0 Å². The Labute approximate surface area is 224 Å². The molecule has 4 aliphatic rings. The van der Waals surface area contributed by atoms with Gasteiger partial charge in [0.05, 0.1) is 21.8 Å². The third kappa shape index (κ3) is 3.97. The Morgan fingerprint density at radius 2 is 1.79 bits per heavy atom. The molecule has 1 aromatic heterocycles. The summed E-state index contributed by atoms with van der Waals surface area (Å²) in [6.45, 7) is 6.91. The summed E-state index contributed by atoms with van der Waals surface area (Å²) in [4.78, 5) is 15.0. The van der Waals surface area contributed by atoms with Gasteiger partial charge in [0.15, 0.2) is 0 Å². The second kappa shape index (κ2) is 8.88. The third-order valence-electron chi connectivity index (χ3n) is 10.3. The molecule has 2 fully saturated rings. The predicted molar refractivity (Wildman–Crippen MR) is 146 cm³/mol. The number of benzene rings is 1. The molecule has 0 aliphatic heterocycles. The van der Waals surface area contributed by atoms with E-state index in [-0.39, 0.29) is 27.5 Å². The van der Waals surface area contributed by atoms with Crippen LogP contribution in [0.15, 0.2) is 59.4 Å². The summed E-state index contributed by atoms with van der Waals surface area (Å²) in [6.07, 6.45) is 16.0. The van der Waals surface area contributed by atoms with Crippen molar-refractivity contribution in [3.05, 3.63) is 70.3 Å². The lowest BCUT2D eigenvalue weighted by Gasteiger charge is -2.58. The highest BCUT2D eigenvalue weighted by Crippen LogP contribution is 2.65. The fraction of sp³-hybridized carbons (Fsp3) is 0.552. The van der Waals surface area contributed by atoms with E-state index in [9.17, 15) is 18.5 Å². The van der Waals surface area contributed by atoms with Gasteiger partial charge in [-0.25, -0.2) is 18.1 Å². The molecule has 1 aromatic carbocycles. The summed E-state index contributed by atoms with van der Waals surface area (Å²) in [6, 6.07) is 4.94. The predicted octanol–water partition coefficient (Wildman–Crippen LogP) is 5.86. The number of nitrogens with zero attached hydrogens (tertiary/aromatic N) is 3. The number of allylic oxidation sites excluding steroid dienone is 3. The Hall–Kier alpha value is -2.78. The second-order valence-electron chi connectivity index (χ2n) is 12.3. The van der Waals surface area contributed by atoms with E-state index in [1.807, 2.05) is 13.3 Å². The van der Waals surface area contributed by atoms with E-state index < -0.39 is 14.9 Å². The number of nitro benzene ring substituents is 1. The van der Waals surface area contributed by atoms with Crippen molar-refractivity contribution in [2.75, 3.05) is 0 Å². The van der Waals surface area contributed by atoms with E-state index in [0.29, 0.717) is 17.8 Å². The first-order chi connectivity index (χ1) is 18.0. The zero-order valence-electron chi connectivity index (χ0n) is 22.3. The molecule has 6 rings (SSSR count). The molecule has 0 bridgehead atoms. The maximum Gasteiger partial charge on any atom is 0.269 e. The number of fused-ring (bicyclic) bond motifs is 5. The van der Waals surface area contributed by atoms with Crippen LogP contribution in [0.2, 0.25) is 0 Å². The molecule has 9 heteroatoms. The fourth-order valence-electron chi connectivity index (χ4n) is 8.29. The summed E-state index contributed by atoms with van der Waals surface area (Å²) in [5, 5.41) is 10.9. The minimum Gasteiger partial charge on any atom is -0.310 e. The molecule has 0 spiro atoms. The summed E-state index contributed by atoms with van der Waals surface area (Å²) in [5.41, 5.74) is 4.01. The van der Waals surface area contributed by atoms with Gasteiger partial charge in [0.2, 0.25) is 10.0 Å². The van der Waals surface area contributed by atoms with Crippen molar-refractivity contribution >= 4 is 21.4 Å². The van der Waals surface area contributed by atoms with Gasteiger partial charge in [0.25, 0.3) is 5.69 Å². The molecular weight excluding hydrogens is 500 g/mol. The summed E-state index contributed by atoms with van der Waals surface area (Å²) in [5.74, 6) is 1.87. The van der Waals surface area contributed by atoms with Crippen LogP contribution >= 0.6 is 0 Å². The number of aromatic nitrogens is 2. The van der Waals surface area contributed by atoms with Crippen LogP contribution in [0.25, 0.3) is 5.70 Å². The molecule has 3 unspecified atom stereocenters. The number of aryl methyl sites for hydroxylation is 1. The quantitative estimate of drug-likeness (QED) is 0.293. The van der Waals surface area contributed by atoms with Gasteiger partial charge in [-0.15, -0.1) is 0 Å². The highest BCUT2D eigenvalue weighted by Gasteiger charge is 2.57. The van der Waals surface area contributed by atoms with Crippen molar-refractivity contribution < 1.29 is 13.3 Å². The molecule has 0 saturated heterocycles. The highest BCUT2D eigenvalue weighted by atomic mass is 32.2. The van der Waals surface area contributed by atoms with Crippen LogP contribution < -0.4 is 4.72 Å². The minimum atomic E-state index is -3.75. The zero-order chi connectivity index (χ0) is 26.9. The molecular formula is C29H36N4O4S. The van der Waals surface area contributed by atoms with E-state index in [2.05, 4.69) is 46.5 Å². The van der Waals surface area contributed by atoms with Crippen molar-refractivity contribution in [2.45, 2.75) is 76.7 Å². The van der Waals surface area contributed by atoms with Gasteiger partial charge in [0, 0.05) is 35.5 Å². The topological polar surface area (TPSA) is 107 Å². The van der Waals surface area contributed by atoms with Gasteiger partial charge in [-0.05, 0) is 87.2 Å². The lowest BCUT2D eigenvalue weighted by molar-refractivity contribution is -0.384. The zero-order valence-corrected chi connectivity index (χ0v) is 23.1. The first-order valence-corrected chi connectivity index (χ1v) is 15.2. The standard InChI is InChI=1S/C29H36N4O4S/c1-19-17-32(18-30-19)27-11-10-25-24-9-4-20-16-21(12-14-28(20,2)26(24)13-15-29(25,27)3)31-38(36,37)23-7-5-22(6-8-23)33(34)35/h4-8,11,17-18,21,24-26,31H,9-10,12-16H2,1-3H3/t21-,24?,25?,26?,28-,29-/m0/s1. The SMILES string of the molecule is Cc1cn(C2=CCC3C4CC=C5C[C@@H](NS(=O)(=O)c6ccc([N+](=O)[O-])cc6)CC[C@]5(C)C4CC[C@]23C)cn1. The van der Waals surface area contributed by atoms with E-state index >= 15 is 0 Å². The van der Waals surface area contributed by atoms with Gasteiger partial charge < -0.3 is 4.57 Å². The number of nitrogens with one attached hydrogen (secondary N) is 1. The Bertz CT molecular complexity index is 1440. The molecule has 1 N–H and O–H groups in total. The van der Waals surface area contributed by atoms with Gasteiger partial charge in [0.1, 0.15) is 0 Å². The summed E-state index contributed by atoms with van der Waals surface area (Å²) >= 11 is 0. The molecule has 6 atom stereocenters. The number of hydrogen-bond acceptors (Lipinski definition) is 5. The summed E-state index contributed by atoms with van der Waals surface area (Å²) in [7, 11) is -3.75. The molecule has 1 heterocycles.